The summed E-state index contributed by atoms with van der Waals surface area (Å²) >= 11 is 3.10. The smallest absolute Gasteiger partial charge is 0.143 e. The molecule has 0 bridgehead atoms. The summed E-state index contributed by atoms with van der Waals surface area (Å²) < 4.78 is 19.3. The van der Waals surface area contributed by atoms with Gasteiger partial charge in [0.25, 0.3) is 0 Å². The van der Waals surface area contributed by atoms with E-state index in [4.69, 9.17) is 4.74 Å². The Labute approximate surface area is 96.2 Å². The van der Waals surface area contributed by atoms with Gasteiger partial charge in [0, 0.05) is 5.56 Å². The molecule has 1 aromatic carbocycles. The standard InChI is InChI=1S/C11H12BrFO2/c1-7-9(3-2-8(12)10(7)13)15-6-11(14)4-5-11/h2-3,14H,4-6H2,1H3. The minimum absolute atomic E-state index is 0.245. The molecule has 0 saturated heterocycles. The van der Waals surface area contributed by atoms with Crippen molar-refractivity contribution in [2.45, 2.75) is 25.4 Å². The van der Waals surface area contributed by atoms with Gasteiger partial charge in [-0.25, -0.2) is 4.39 Å². The van der Waals surface area contributed by atoms with Crippen LogP contribution in [0.5, 0.6) is 5.75 Å². The predicted octanol–water partition coefficient (Wildman–Crippen LogP) is 2.80. The van der Waals surface area contributed by atoms with Crippen LogP contribution in [-0.4, -0.2) is 17.3 Å². The van der Waals surface area contributed by atoms with Gasteiger partial charge in [0.05, 0.1) is 10.1 Å². The summed E-state index contributed by atoms with van der Waals surface area (Å²) in [5.74, 6) is 0.186. The van der Waals surface area contributed by atoms with E-state index < -0.39 is 5.60 Å². The van der Waals surface area contributed by atoms with E-state index in [1.54, 1.807) is 19.1 Å². The van der Waals surface area contributed by atoms with Gasteiger partial charge < -0.3 is 9.84 Å². The molecule has 1 aliphatic rings. The maximum atomic E-state index is 13.4. The molecule has 0 atom stereocenters. The molecule has 4 heteroatoms. The van der Waals surface area contributed by atoms with Gasteiger partial charge in [0.2, 0.25) is 0 Å². The maximum Gasteiger partial charge on any atom is 0.143 e. The number of hydrogen-bond acceptors (Lipinski definition) is 2. The highest BCUT2D eigenvalue weighted by atomic mass is 79.9. The topological polar surface area (TPSA) is 29.5 Å². The van der Waals surface area contributed by atoms with Gasteiger partial charge in [-0.3, -0.25) is 0 Å². The van der Waals surface area contributed by atoms with Gasteiger partial charge in [-0.05, 0) is 47.8 Å². The molecule has 2 rings (SSSR count). The minimum atomic E-state index is -0.671. The van der Waals surface area contributed by atoms with Crippen molar-refractivity contribution in [2.75, 3.05) is 6.61 Å². The SMILES string of the molecule is Cc1c(OCC2(O)CC2)ccc(Br)c1F. The summed E-state index contributed by atoms with van der Waals surface area (Å²) in [5.41, 5.74) is -0.204. The quantitative estimate of drug-likeness (QED) is 0.919. The zero-order valence-corrected chi connectivity index (χ0v) is 9.97. The summed E-state index contributed by atoms with van der Waals surface area (Å²) in [5, 5.41) is 9.58. The molecule has 0 aromatic heterocycles. The number of rotatable bonds is 3. The van der Waals surface area contributed by atoms with Crippen molar-refractivity contribution in [3.05, 3.63) is 28.0 Å². The third-order valence-corrected chi connectivity index (χ3v) is 3.23. The van der Waals surface area contributed by atoms with E-state index in [1.165, 1.54) is 0 Å². The van der Waals surface area contributed by atoms with E-state index in [0.717, 1.165) is 12.8 Å². The van der Waals surface area contributed by atoms with E-state index >= 15 is 0 Å². The van der Waals surface area contributed by atoms with Crippen LogP contribution in [0.2, 0.25) is 0 Å². The fourth-order valence-electron chi connectivity index (χ4n) is 1.29. The van der Waals surface area contributed by atoms with Crippen LogP contribution < -0.4 is 4.74 Å². The molecule has 2 nitrogen and oxygen atoms in total. The number of hydrogen-bond donors (Lipinski definition) is 1. The average Bonchev–Trinajstić information content (AvgIpc) is 2.93. The van der Waals surface area contributed by atoms with Crippen LogP contribution >= 0.6 is 15.9 Å². The van der Waals surface area contributed by atoms with Gasteiger partial charge in [-0.2, -0.15) is 0 Å². The summed E-state index contributed by atoms with van der Waals surface area (Å²) in [6.07, 6.45) is 1.54. The molecule has 15 heavy (non-hydrogen) atoms. The first-order valence-corrected chi connectivity index (χ1v) is 5.61. The highest BCUT2D eigenvalue weighted by molar-refractivity contribution is 9.10. The van der Waals surface area contributed by atoms with Crippen molar-refractivity contribution in [1.82, 2.24) is 0 Å². The lowest BCUT2D eigenvalue weighted by Gasteiger charge is -2.13. The van der Waals surface area contributed by atoms with Crippen LogP contribution in [0.1, 0.15) is 18.4 Å². The Morgan fingerprint density at radius 2 is 2.20 bits per heavy atom. The van der Waals surface area contributed by atoms with E-state index in [-0.39, 0.29) is 12.4 Å². The van der Waals surface area contributed by atoms with E-state index in [9.17, 15) is 9.50 Å². The lowest BCUT2D eigenvalue weighted by atomic mass is 10.2. The third kappa shape index (κ3) is 2.32. The zero-order valence-electron chi connectivity index (χ0n) is 8.39. The molecular weight excluding hydrogens is 263 g/mol. The maximum absolute atomic E-state index is 13.4. The van der Waals surface area contributed by atoms with Crippen LogP contribution in [0.25, 0.3) is 0 Å². The van der Waals surface area contributed by atoms with Crippen molar-refractivity contribution < 1.29 is 14.2 Å². The normalized spacial score (nSPS) is 17.6. The van der Waals surface area contributed by atoms with Gasteiger partial charge in [-0.15, -0.1) is 0 Å². The first-order chi connectivity index (χ1) is 7.02. The second-order valence-corrected chi connectivity index (χ2v) is 4.85. The Balaban J connectivity index is 2.11. The zero-order chi connectivity index (χ0) is 11.1. The Morgan fingerprint density at radius 1 is 1.53 bits per heavy atom. The Hall–Kier alpha value is -0.610. The van der Waals surface area contributed by atoms with E-state index in [1.807, 2.05) is 0 Å². The van der Waals surface area contributed by atoms with Crippen molar-refractivity contribution in [3.63, 3.8) is 0 Å². The molecule has 0 amide bonds. The summed E-state index contributed by atoms with van der Waals surface area (Å²) in [7, 11) is 0. The van der Waals surface area contributed by atoms with Crippen molar-refractivity contribution in [1.29, 1.82) is 0 Å². The second-order valence-electron chi connectivity index (χ2n) is 4.00. The summed E-state index contributed by atoms with van der Waals surface area (Å²) in [6.45, 7) is 1.90. The summed E-state index contributed by atoms with van der Waals surface area (Å²) in [4.78, 5) is 0. The number of benzene rings is 1. The molecule has 0 aliphatic heterocycles. The predicted molar refractivity (Wildman–Crippen MR) is 58.5 cm³/mol. The van der Waals surface area contributed by atoms with E-state index in [0.29, 0.717) is 15.8 Å². The fraction of sp³-hybridized carbons (Fsp3) is 0.455. The molecule has 82 valence electrons. The highest BCUT2D eigenvalue weighted by Crippen LogP contribution is 2.36. The Kier molecular flexibility index (Phi) is 2.73. The average molecular weight is 275 g/mol. The monoisotopic (exact) mass is 274 g/mol. The lowest BCUT2D eigenvalue weighted by Crippen LogP contribution is -2.18. The van der Waals surface area contributed by atoms with Crippen LogP contribution in [0.15, 0.2) is 16.6 Å². The molecule has 1 aliphatic carbocycles. The first kappa shape index (κ1) is 10.9. The van der Waals surface area contributed by atoms with Crippen molar-refractivity contribution >= 4 is 15.9 Å². The van der Waals surface area contributed by atoms with Gasteiger partial charge in [-0.1, -0.05) is 0 Å². The van der Waals surface area contributed by atoms with Crippen molar-refractivity contribution in [2.24, 2.45) is 0 Å². The largest absolute Gasteiger partial charge is 0.490 e. The van der Waals surface area contributed by atoms with Gasteiger partial charge >= 0.3 is 0 Å². The fourth-order valence-corrected chi connectivity index (χ4v) is 1.72. The number of ether oxygens (including phenoxy) is 1. The van der Waals surface area contributed by atoms with Crippen molar-refractivity contribution in [3.8, 4) is 5.75 Å². The van der Waals surface area contributed by atoms with Crippen LogP contribution in [0, 0.1) is 12.7 Å². The molecular formula is C11H12BrFO2. The molecule has 1 saturated carbocycles. The molecule has 0 heterocycles. The highest BCUT2D eigenvalue weighted by Gasteiger charge is 2.41. The van der Waals surface area contributed by atoms with E-state index in [2.05, 4.69) is 15.9 Å². The Morgan fingerprint density at radius 3 is 2.80 bits per heavy atom. The summed E-state index contributed by atoms with van der Waals surface area (Å²) in [6, 6.07) is 3.31. The van der Waals surface area contributed by atoms with Crippen LogP contribution in [0.3, 0.4) is 0 Å². The van der Waals surface area contributed by atoms with Gasteiger partial charge in [0.15, 0.2) is 0 Å². The number of aliphatic hydroxyl groups is 1. The van der Waals surface area contributed by atoms with Crippen LogP contribution in [-0.2, 0) is 0 Å². The third-order valence-electron chi connectivity index (χ3n) is 2.61. The molecule has 1 aromatic rings. The lowest BCUT2D eigenvalue weighted by molar-refractivity contribution is 0.0851. The van der Waals surface area contributed by atoms with Gasteiger partial charge in [0.1, 0.15) is 18.2 Å². The first-order valence-electron chi connectivity index (χ1n) is 4.82. The second kappa shape index (κ2) is 3.76. The molecule has 0 radical (unpaired) electrons. The van der Waals surface area contributed by atoms with Crippen LogP contribution in [0.4, 0.5) is 4.39 Å². The molecule has 1 N–H and O–H groups in total. The molecule has 0 unspecified atom stereocenters. The minimum Gasteiger partial charge on any atom is -0.490 e. The Bertz CT molecular complexity index is 388. The molecule has 1 fully saturated rings. The molecule has 0 spiro atoms. The number of halogens is 2.